The van der Waals surface area contributed by atoms with Crippen LogP contribution in [0.1, 0.15) is 24.0 Å². The van der Waals surface area contributed by atoms with Crippen molar-refractivity contribution in [1.82, 2.24) is 5.32 Å². The minimum atomic E-state index is 0.0419. The van der Waals surface area contributed by atoms with Gasteiger partial charge >= 0.3 is 0 Å². The van der Waals surface area contributed by atoms with Crippen LogP contribution in [0.15, 0.2) is 48.5 Å². The highest BCUT2D eigenvalue weighted by molar-refractivity contribution is 6.30. The molecule has 0 aliphatic rings. The third-order valence-corrected chi connectivity index (χ3v) is 3.51. The van der Waals surface area contributed by atoms with Gasteiger partial charge in [-0.25, -0.2) is 0 Å². The van der Waals surface area contributed by atoms with Gasteiger partial charge in [0.25, 0.3) is 0 Å². The van der Waals surface area contributed by atoms with Crippen molar-refractivity contribution in [2.75, 3.05) is 6.61 Å². The number of amides is 1. The Morgan fingerprint density at radius 3 is 2.68 bits per heavy atom. The van der Waals surface area contributed by atoms with Gasteiger partial charge in [-0.15, -0.1) is 0 Å². The van der Waals surface area contributed by atoms with Crippen LogP contribution in [0, 0.1) is 6.92 Å². The molecule has 0 unspecified atom stereocenters. The van der Waals surface area contributed by atoms with Gasteiger partial charge < -0.3 is 10.1 Å². The lowest BCUT2D eigenvalue weighted by Crippen LogP contribution is -2.22. The Labute approximate surface area is 136 Å². The van der Waals surface area contributed by atoms with Gasteiger partial charge in [-0.2, -0.15) is 0 Å². The van der Waals surface area contributed by atoms with Crippen LogP contribution in [0.25, 0.3) is 0 Å². The molecule has 4 heteroatoms. The van der Waals surface area contributed by atoms with Crippen molar-refractivity contribution in [3.05, 3.63) is 64.7 Å². The Morgan fingerprint density at radius 2 is 1.95 bits per heavy atom. The summed E-state index contributed by atoms with van der Waals surface area (Å²) in [5.41, 5.74) is 2.10. The number of carbonyl (C=O) groups excluding carboxylic acids is 1. The molecule has 2 aromatic rings. The molecular weight excluding hydrogens is 298 g/mol. The molecule has 0 spiro atoms. The first-order valence-corrected chi connectivity index (χ1v) is 7.72. The molecular formula is C18H20ClNO2. The monoisotopic (exact) mass is 317 g/mol. The summed E-state index contributed by atoms with van der Waals surface area (Å²) in [7, 11) is 0. The van der Waals surface area contributed by atoms with E-state index in [4.69, 9.17) is 16.3 Å². The van der Waals surface area contributed by atoms with Gasteiger partial charge in [0.2, 0.25) is 5.91 Å². The molecule has 0 aliphatic carbocycles. The van der Waals surface area contributed by atoms with Crippen LogP contribution in [-0.2, 0) is 11.3 Å². The maximum absolute atomic E-state index is 11.8. The first kappa shape index (κ1) is 16.4. The molecule has 0 saturated heterocycles. The maximum Gasteiger partial charge on any atom is 0.220 e. The first-order valence-electron chi connectivity index (χ1n) is 7.35. The summed E-state index contributed by atoms with van der Waals surface area (Å²) in [5, 5.41) is 3.60. The smallest absolute Gasteiger partial charge is 0.220 e. The summed E-state index contributed by atoms with van der Waals surface area (Å²) in [6.45, 7) is 3.03. The summed E-state index contributed by atoms with van der Waals surface area (Å²) >= 11 is 5.90. The predicted octanol–water partition coefficient (Wildman–Crippen LogP) is 4.12. The lowest BCUT2D eigenvalue weighted by Gasteiger charge is -2.09. The molecule has 0 radical (unpaired) electrons. The number of hydrogen-bond donors (Lipinski definition) is 1. The third kappa shape index (κ3) is 5.41. The minimum absolute atomic E-state index is 0.0419. The minimum Gasteiger partial charge on any atom is -0.493 e. The van der Waals surface area contributed by atoms with Gasteiger partial charge in [-0.05, 0) is 42.7 Å². The van der Waals surface area contributed by atoms with Gasteiger partial charge in [0.1, 0.15) is 5.75 Å². The molecule has 0 aliphatic heterocycles. The summed E-state index contributed by atoms with van der Waals surface area (Å²) < 4.78 is 5.67. The number of nitrogens with one attached hydrogen (secondary N) is 1. The second-order valence-electron chi connectivity index (χ2n) is 5.12. The molecule has 3 nitrogen and oxygen atoms in total. The third-order valence-electron chi connectivity index (χ3n) is 3.28. The maximum atomic E-state index is 11.8. The number of rotatable bonds is 7. The van der Waals surface area contributed by atoms with Crippen LogP contribution < -0.4 is 10.1 Å². The molecule has 2 rings (SSSR count). The summed E-state index contributed by atoms with van der Waals surface area (Å²) in [5.74, 6) is 0.856. The highest BCUT2D eigenvalue weighted by atomic mass is 35.5. The molecule has 2 aromatic carbocycles. The van der Waals surface area contributed by atoms with E-state index in [1.807, 2.05) is 49.4 Å². The molecule has 0 aromatic heterocycles. The Balaban J connectivity index is 1.65. The molecule has 0 fully saturated rings. The Kier molecular flexibility index (Phi) is 6.28. The fraction of sp³-hybridized carbons (Fsp3) is 0.278. The van der Waals surface area contributed by atoms with Gasteiger partial charge in [0.05, 0.1) is 6.61 Å². The second kappa shape index (κ2) is 8.44. The van der Waals surface area contributed by atoms with E-state index >= 15 is 0 Å². The summed E-state index contributed by atoms with van der Waals surface area (Å²) in [4.78, 5) is 11.8. The number of carbonyl (C=O) groups is 1. The average Bonchev–Trinajstić information content (AvgIpc) is 2.52. The van der Waals surface area contributed by atoms with Gasteiger partial charge in [0, 0.05) is 18.0 Å². The molecule has 1 N–H and O–H groups in total. The zero-order valence-corrected chi connectivity index (χ0v) is 13.4. The highest BCUT2D eigenvalue weighted by Crippen LogP contribution is 2.21. The largest absolute Gasteiger partial charge is 0.493 e. The van der Waals surface area contributed by atoms with Crippen molar-refractivity contribution in [3.8, 4) is 5.75 Å². The number of halogens is 1. The molecule has 0 saturated carbocycles. The Bertz CT molecular complexity index is 614. The quantitative estimate of drug-likeness (QED) is 0.780. The van der Waals surface area contributed by atoms with Crippen LogP contribution >= 0.6 is 11.6 Å². The zero-order valence-electron chi connectivity index (χ0n) is 12.6. The topological polar surface area (TPSA) is 38.3 Å². The van der Waals surface area contributed by atoms with Crippen LogP contribution in [0.4, 0.5) is 0 Å². The van der Waals surface area contributed by atoms with Gasteiger partial charge in [0.15, 0.2) is 0 Å². The number of benzene rings is 2. The van der Waals surface area contributed by atoms with E-state index in [0.717, 1.165) is 16.9 Å². The summed E-state index contributed by atoms with van der Waals surface area (Å²) in [6.07, 6.45) is 1.14. The van der Waals surface area contributed by atoms with Gasteiger partial charge in [-0.1, -0.05) is 41.9 Å². The van der Waals surface area contributed by atoms with E-state index in [0.29, 0.717) is 31.0 Å². The highest BCUT2D eigenvalue weighted by Gasteiger charge is 2.03. The fourth-order valence-electron chi connectivity index (χ4n) is 2.07. The van der Waals surface area contributed by atoms with E-state index in [9.17, 15) is 4.79 Å². The van der Waals surface area contributed by atoms with Crippen LogP contribution in [0.3, 0.4) is 0 Å². The van der Waals surface area contributed by atoms with E-state index in [1.54, 1.807) is 6.07 Å². The first-order chi connectivity index (χ1) is 10.6. The molecule has 22 heavy (non-hydrogen) atoms. The van der Waals surface area contributed by atoms with Crippen molar-refractivity contribution in [1.29, 1.82) is 0 Å². The zero-order chi connectivity index (χ0) is 15.8. The van der Waals surface area contributed by atoms with Crippen LogP contribution in [0.5, 0.6) is 5.75 Å². The fourth-order valence-corrected chi connectivity index (χ4v) is 2.30. The van der Waals surface area contributed by atoms with E-state index in [-0.39, 0.29) is 5.91 Å². The van der Waals surface area contributed by atoms with Crippen LogP contribution in [-0.4, -0.2) is 12.5 Å². The van der Waals surface area contributed by atoms with Crippen molar-refractivity contribution >= 4 is 17.5 Å². The lowest BCUT2D eigenvalue weighted by atomic mass is 10.2. The van der Waals surface area contributed by atoms with E-state index < -0.39 is 0 Å². The number of hydrogen-bond acceptors (Lipinski definition) is 2. The van der Waals surface area contributed by atoms with E-state index in [1.165, 1.54) is 0 Å². The lowest BCUT2D eigenvalue weighted by molar-refractivity contribution is -0.121. The van der Waals surface area contributed by atoms with Crippen LogP contribution in [0.2, 0.25) is 5.02 Å². The molecule has 0 heterocycles. The average molecular weight is 318 g/mol. The molecule has 0 atom stereocenters. The SMILES string of the molecule is Cc1cc(Cl)ccc1OCCCC(=O)NCc1ccccc1. The number of aryl methyl sites for hydroxylation is 1. The Morgan fingerprint density at radius 1 is 1.18 bits per heavy atom. The second-order valence-corrected chi connectivity index (χ2v) is 5.56. The normalized spacial score (nSPS) is 10.3. The van der Waals surface area contributed by atoms with Crippen molar-refractivity contribution in [2.24, 2.45) is 0 Å². The Hall–Kier alpha value is -2.00. The summed E-state index contributed by atoms with van der Waals surface area (Å²) in [6, 6.07) is 15.4. The van der Waals surface area contributed by atoms with Crippen molar-refractivity contribution in [3.63, 3.8) is 0 Å². The van der Waals surface area contributed by atoms with Crippen molar-refractivity contribution < 1.29 is 9.53 Å². The van der Waals surface area contributed by atoms with Crippen molar-refractivity contribution in [2.45, 2.75) is 26.3 Å². The predicted molar refractivity (Wildman–Crippen MR) is 89.2 cm³/mol. The van der Waals surface area contributed by atoms with E-state index in [2.05, 4.69) is 5.32 Å². The van der Waals surface area contributed by atoms with Gasteiger partial charge in [-0.3, -0.25) is 4.79 Å². The number of ether oxygens (including phenoxy) is 1. The molecule has 116 valence electrons. The molecule has 0 bridgehead atoms. The standard InChI is InChI=1S/C18H20ClNO2/c1-14-12-16(19)9-10-17(14)22-11-5-8-18(21)20-13-15-6-3-2-4-7-15/h2-4,6-7,9-10,12H,5,8,11,13H2,1H3,(H,20,21). The molecule has 1 amide bonds.